The van der Waals surface area contributed by atoms with E-state index in [2.05, 4.69) is 26.7 Å². The van der Waals surface area contributed by atoms with Gasteiger partial charge in [0.1, 0.15) is 11.4 Å². The Morgan fingerprint density at radius 2 is 1.93 bits per heavy atom. The summed E-state index contributed by atoms with van der Waals surface area (Å²) < 4.78 is 5.12. The van der Waals surface area contributed by atoms with Crippen LogP contribution in [0.5, 0.6) is 5.75 Å². The maximum Gasteiger partial charge on any atom is 0.274 e. The van der Waals surface area contributed by atoms with E-state index in [4.69, 9.17) is 16.3 Å². The Bertz CT molecular complexity index is 1010. The molecule has 0 atom stereocenters. The highest BCUT2D eigenvalue weighted by Gasteiger charge is 2.12. The van der Waals surface area contributed by atoms with Gasteiger partial charge in [-0.3, -0.25) is 4.79 Å². The number of carbonyl (C=O) groups excluding carboxylic acids is 1. The normalized spacial score (nSPS) is 10.4. The molecule has 144 valence electrons. The fourth-order valence-corrected chi connectivity index (χ4v) is 2.96. The molecule has 1 heterocycles. The minimum atomic E-state index is -0.342. The van der Waals surface area contributed by atoms with Crippen molar-refractivity contribution in [3.05, 3.63) is 76.1 Å². The van der Waals surface area contributed by atoms with Crippen molar-refractivity contribution in [2.24, 2.45) is 0 Å². The van der Waals surface area contributed by atoms with E-state index >= 15 is 0 Å². The number of halogens is 1. The van der Waals surface area contributed by atoms with Crippen LogP contribution in [0.15, 0.2) is 48.5 Å². The summed E-state index contributed by atoms with van der Waals surface area (Å²) in [5.74, 6) is 0.602. The van der Waals surface area contributed by atoms with Gasteiger partial charge in [-0.2, -0.15) is 0 Å². The number of nitrogens with zero attached hydrogens (tertiary/aromatic N) is 2. The summed E-state index contributed by atoms with van der Waals surface area (Å²) in [5.41, 5.74) is 3.82. The van der Waals surface area contributed by atoms with Gasteiger partial charge in [-0.1, -0.05) is 41.4 Å². The highest BCUT2D eigenvalue weighted by Crippen LogP contribution is 2.27. The van der Waals surface area contributed by atoms with Crippen LogP contribution in [-0.4, -0.2) is 23.0 Å². The zero-order chi connectivity index (χ0) is 20.1. The first-order valence-corrected chi connectivity index (χ1v) is 9.12. The van der Waals surface area contributed by atoms with Crippen molar-refractivity contribution < 1.29 is 9.53 Å². The zero-order valence-electron chi connectivity index (χ0n) is 15.9. The van der Waals surface area contributed by atoms with Gasteiger partial charge in [0, 0.05) is 17.9 Å². The number of benzene rings is 2. The summed E-state index contributed by atoms with van der Waals surface area (Å²) in [6.45, 7) is 4.43. The van der Waals surface area contributed by atoms with E-state index in [0.29, 0.717) is 34.6 Å². The van der Waals surface area contributed by atoms with E-state index in [1.165, 1.54) is 12.7 Å². The average Bonchev–Trinajstić information content (AvgIpc) is 2.66. The van der Waals surface area contributed by atoms with E-state index in [1.54, 1.807) is 24.3 Å². The molecule has 7 heteroatoms. The number of aromatic nitrogens is 2. The minimum absolute atomic E-state index is 0.270. The van der Waals surface area contributed by atoms with Gasteiger partial charge in [-0.25, -0.2) is 9.97 Å². The third-order valence-corrected chi connectivity index (χ3v) is 4.32. The van der Waals surface area contributed by atoms with Crippen molar-refractivity contribution in [3.8, 4) is 5.75 Å². The molecule has 0 radical (unpaired) electrons. The molecule has 0 aliphatic rings. The predicted octanol–water partition coefficient (Wildman–Crippen LogP) is 4.62. The highest BCUT2D eigenvalue weighted by atomic mass is 35.5. The molecular weight excluding hydrogens is 376 g/mol. The van der Waals surface area contributed by atoms with Crippen LogP contribution in [0.25, 0.3) is 0 Å². The molecule has 1 amide bonds. The lowest BCUT2D eigenvalue weighted by molar-refractivity contribution is 0.102. The number of ether oxygens (including phenoxy) is 1. The molecule has 6 nitrogen and oxygen atoms in total. The number of rotatable bonds is 6. The van der Waals surface area contributed by atoms with E-state index in [-0.39, 0.29) is 11.6 Å². The van der Waals surface area contributed by atoms with Gasteiger partial charge in [-0.15, -0.1) is 0 Å². The van der Waals surface area contributed by atoms with Crippen LogP contribution in [-0.2, 0) is 6.54 Å². The number of hydrogen-bond acceptors (Lipinski definition) is 5. The molecule has 28 heavy (non-hydrogen) atoms. The largest absolute Gasteiger partial charge is 0.495 e. The van der Waals surface area contributed by atoms with Crippen LogP contribution in [0, 0.1) is 13.8 Å². The van der Waals surface area contributed by atoms with Gasteiger partial charge in [0.15, 0.2) is 0 Å². The Hall–Kier alpha value is -3.12. The Labute approximate surface area is 168 Å². The van der Waals surface area contributed by atoms with E-state index in [1.807, 2.05) is 32.0 Å². The first-order valence-electron chi connectivity index (χ1n) is 8.74. The average molecular weight is 397 g/mol. The third kappa shape index (κ3) is 4.98. The van der Waals surface area contributed by atoms with Crippen LogP contribution in [0.4, 0.5) is 11.6 Å². The molecule has 3 aromatic rings. The van der Waals surface area contributed by atoms with Crippen LogP contribution < -0.4 is 15.4 Å². The fraction of sp³-hybridized carbons (Fsp3) is 0.190. The Kier molecular flexibility index (Phi) is 6.11. The summed E-state index contributed by atoms with van der Waals surface area (Å²) in [6, 6.07) is 14.8. The number of nitrogens with one attached hydrogen (secondary N) is 2. The van der Waals surface area contributed by atoms with Crippen molar-refractivity contribution in [3.63, 3.8) is 0 Å². The Balaban J connectivity index is 1.73. The summed E-state index contributed by atoms with van der Waals surface area (Å²) in [7, 11) is 1.54. The topological polar surface area (TPSA) is 76.1 Å². The van der Waals surface area contributed by atoms with Crippen molar-refractivity contribution in [1.82, 2.24) is 9.97 Å². The van der Waals surface area contributed by atoms with Gasteiger partial charge in [0.05, 0.1) is 12.1 Å². The summed E-state index contributed by atoms with van der Waals surface area (Å²) in [6.07, 6.45) is 0. The fourth-order valence-electron chi connectivity index (χ4n) is 2.71. The number of hydrogen-bond donors (Lipinski definition) is 2. The van der Waals surface area contributed by atoms with Crippen molar-refractivity contribution >= 4 is 29.1 Å². The molecule has 0 fully saturated rings. The lowest BCUT2D eigenvalue weighted by Crippen LogP contribution is -2.16. The van der Waals surface area contributed by atoms with Crippen LogP contribution in [0.3, 0.4) is 0 Å². The number of carbonyl (C=O) groups is 1. The molecular formula is C21H21ClN4O2. The molecule has 2 N–H and O–H groups in total. The molecule has 0 aliphatic heterocycles. The Morgan fingerprint density at radius 1 is 1.11 bits per heavy atom. The summed E-state index contributed by atoms with van der Waals surface area (Å²) in [4.78, 5) is 21.3. The second-order valence-corrected chi connectivity index (χ2v) is 6.77. The maximum atomic E-state index is 12.6. The molecule has 0 spiro atoms. The molecule has 3 rings (SSSR count). The number of amides is 1. The van der Waals surface area contributed by atoms with E-state index in [0.717, 1.165) is 5.56 Å². The van der Waals surface area contributed by atoms with E-state index in [9.17, 15) is 4.79 Å². The Morgan fingerprint density at radius 3 is 2.64 bits per heavy atom. The predicted molar refractivity (Wildman–Crippen MR) is 111 cm³/mol. The van der Waals surface area contributed by atoms with Crippen molar-refractivity contribution in [2.75, 3.05) is 17.7 Å². The van der Waals surface area contributed by atoms with Crippen LogP contribution in [0.1, 0.15) is 27.3 Å². The quantitative estimate of drug-likeness (QED) is 0.635. The lowest BCUT2D eigenvalue weighted by Gasteiger charge is -2.10. The maximum absolute atomic E-state index is 12.6. The van der Waals surface area contributed by atoms with Crippen molar-refractivity contribution in [2.45, 2.75) is 20.4 Å². The van der Waals surface area contributed by atoms with Gasteiger partial charge in [0.2, 0.25) is 5.95 Å². The highest BCUT2D eigenvalue weighted by molar-refractivity contribution is 6.32. The second-order valence-electron chi connectivity index (χ2n) is 6.36. The zero-order valence-corrected chi connectivity index (χ0v) is 16.7. The third-order valence-electron chi connectivity index (χ3n) is 4.03. The molecule has 0 saturated heterocycles. The van der Waals surface area contributed by atoms with Crippen LogP contribution >= 0.6 is 11.6 Å². The molecule has 2 aromatic carbocycles. The molecule has 0 unspecified atom stereocenters. The van der Waals surface area contributed by atoms with E-state index < -0.39 is 0 Å². The minimum Gasteiger partial charge on any atom is -0.495 e. The first-order chi connectivity index (χ1) is 13.4. The lowest BCUT2D eigenvalue weighted by atomic mass is 10.1. The molecule has 1 aromatic heterocycles. The smallest absolute Gasteiger partial charge is 0.274 e. The number of anilines is 2. The number of aryl methyl sites for hydroxylation is 2. The monoisotopic (exact) mass is 396 g/mol. The number of methoxy groups -OCH3 is 1. The van der Waals surface area contributed by atoms with Crippen LogP contribution in [0.2, 0.25) is 5.02 Å². The standard InChI is InChI=1S/C21H21ClN4O2/c1-13-5-4-6-15(9-13)12-23-21-24-14(2)10-18(26-21)20(27)25-16-7-8-19(28-3)17(22)11-16/h4-11H,12H2,1-3H3,(H,25,27)(H,23,24,26). The second kappa shape index (κ2) is 8.71. The van der Waals surface area contributed by atoms with Crippen molar-refractivity contribution in [1.29, 1.82) is 0 Å². The van der Waals surface area contributed by atoms with Gasteiger partial charge in [0.25, 0.3) is 5.91 Å². The molecule has 0 aliphatic carbocycles. The first kappa shape index (κ1) is 19.6. The molecule has 0 saturated carbocycles. The van der Waals surface area contributed by atoms with Gasteiger partial charge in [-0.05, 0) is 43.7 Å². The molecule has 0 bridgehead atoms. The van der Waals surface area contributed by atoms with Gasteiger partial charge >= 0.3 is 0 Å². The summed E-state index contributed by atoms with van der Waals surface area (Å²) in [5, 5.41) is 6.38. The SMILES string of the molecule is COc1ccc(NC(=O)c2cc(C)nc(NCc3cccc(C)c3)n2)cc1Cl. The summed E-state index contributed by atoms with van der Waals surface area (Å²) >= 11 is 6.11. The van der Waals surface area contributed by atoms with Gasteiger partial charge < -0.3 is 15.4 Å².